The van der Waals surface area contributed by atoms with Crippen LogP contribution in [0.5, 0.6) is 11.5 Å². The number of piperazine rings is 2. The lowest BCUT2D eigenvalue weighted by Crippen LogP contribution is -2.49. The fraction of sp³-hybridized carbons (Fsp3) is 0.480. The van der Waals surface area contributed by atoms with Gasteiger partial charge in [0.05, 0.1) is 14.2 Å². The van der Waals surface area contributed by atoms with Crippen LogP contribution >= 0.6 is 0 Å². The highest BCUT2D eigenvalue weighted by molar-refractivity contribution is 5.92. The van der Waals surface area contributed by atoms with Gasteiger partial charge in [-0.15, -0.1) is 0 Å². The summed E-state index contributed by atoms with van der Waals surface area (Å²) in [6, 6.07) is 7.68. The van der Waals surface area contributed by atoms with Crippen LogP contribution in [-0.4, -0.2) is 99.3 Å². The number of methoxy groups -OCH3 is 2. The molecule has 0 atom stereocenters. The van der Waals surface area contributed by atoms with Crippen molar-refractivity contribution in [3.63, 3.8) is 0 Å². The Morgan fingerprint density at radius 2 is 1.44 bits per heavy atom. The maximum Gasteiger partial charge on any atom is 0.246 e. The van der Waals surface area contributed by atoms with Gasteiger partial charge in [-0.25, -0.2) is 9.97 Å². The summed E-state index contributed by atoms with van der Waals surface area (Å²) in [5.74, 6) is 4.02. The Labute approximate surface area is 201 Å². The second-order valence-corrected chi connectivity index (χ2v) is 8.68. The summed E-state index contributed by atoms with van der Waals surface area (Å²) in [6.45, 7) is 8.77. The third kappa shape index (κ3) is 5.59. The zero-order valence-corrected chi connectivity index (χ0v) is 20.5. The molecule has 2 saturated heterocycles. The maximum atomic E-state index is 12.8. The molecule has 9 heteroatoms. The van der Waals surface area contributed by atoms with Gasteiger partial charge in [0, 0.05) is 64.5 Å². The number of aromatic nitrogens is 2. The SMILES string of the molecule is COc1ccc(/C=C/C(=O)N2CCN(c3cc(N4CCN(C)CC4)nc(C)n3)CC2)cc1OC. The molecule has 0 bridgehead atoms. The number of hydrogen-bond donors (Lipinski definition) is 0. The fourth-order valence-electron chi connectivity index (χ4n) is 4.28. The van der Waals surface area contributed by atoms with E-state index >= 15 is 0 Å². The standard InChI is InChI=1S/C25H34N6O3/c1-19-26-23(29-11-9-28(2)10-12-29)18-24(27-19)30-13-15-31(16-14-30)25(32)8-6-20-5-7-21(33-3)22(17-20)34-4/h5-8,17-18H,9-16H2,1-4H3/b8-6+. The van der Waals surface area contributed by atoms with Crippen molar-refractivity contribution in [1.29, 1.82) is 0 Å². The molecule has 0 unspecified atom stereocenters. The molecular weight excluding hydrogens is 432 g/mol. The highest BCUT2D eigenvalue weighted by Gasteiger charge is 2.23. The molecule has 2 fully saturated rings. The second kappa shape index (κ2) is 10.7. The molecule has 0 aliphatic carbocycles. The van der Waals surface area contributed by atoms with Gasteiger partial charge in [0.1, 0.15) is 17.5 Å². The Bertz CT molecular complexity index is 1030. The van der Waals surface area contributed by atoms with Crippen LogP contribution in [0.25, 0.3) is 6.08 Å². The van der Waals surface area contributed by atoms with E-state index in [2.05, 4.69) is 37.8 Å². The number of benzene rings is 1. The first-order valence-electron chi connectivity index (χ1n) is 11.7. The van der Waals surface area contributed by atoms with E-state index in [1.54, 1.807) is 20.3 Å². The Balaban J connectivity index is 1.36. The van der Waals surface area contributed by atoms with Crippen molar-refractivity contribution in [1.82, 2.24) is 19.8 Å². The van der Waals surface area contributed by atoms with E-state index in [0.29, 0.717) is 24.6 Å². The molecule has 2 aliphatic heterocycles. The van der Waals surface area contributed by atoms with Crippen molar-refractivity contribution in [2.45, 2.75) is 6.92 Å². The van der Waals surface area contributed by atoms with E-state index in [1.807, 2.05) is 36.1 Å². The predicted octanol–water partition coefficient (Wildman–Crippen LogP) is 1.92. The number of amides is 1. The van der Waals surface area contributed by atoms with Gasteiger partial charge < -0.3 is 29.1 Å². The molecule has 2 aromatic rings. The predicted molar refractivity (Wildman–Crippen MR) is 134 cm³/mol. The van der Waals surface area contributed by atoms with E-state index < -0.39 is 0 Å². The first-order chi connectivity index (χ1) is 16.5. The first kappa shape index (κ1) is 23.8. The van der Waals surface area contributed by atoms with Crippen molar-refractivity contribution < 1.29 is 14.3 Å². The fourth-order valence-corrected chi connectivity index (χ4v) is 4.28. The molecule has 9 nitrogen and oxygen atoms in total. The average molecular weight is 467 g/mol. The summed E-state index contributed by atoms with van der Waals surface area (Å²) in [5.41, 5.74) is 0.887. The molecular formula is C25H34N6O3. The normalized spacial score (nSPS) is 17.4. The highest BCUT2D eigenvalue weighted by atomic mass is 16.5. The van der Waals surface area contributed by atoms with Crippen LogP contribution in [0.1, 0.15) is 11.4 Å². The summed E-state index contributed by atoms with van der Waals surface area (Å²) in [6.07, 6.45) is 3.43. The number of aryl methyl sites for hydroxylation is 1. The van der Waals surface area contributed by atoms with Crippen molar-refractivity contribution >= 4 is 23.6 Å². The van der Waals surface area contributed by atoms with E-state index in [1.165, 1.54) is 0 Å². The monoisotopic (exact) mass is 466 g/mol. The molecule has 182 valence electrons. The van der Waals surface area contributed by atoms with Gasteiger partial charge in [-0.3, -0.25) is 4.79 Å². The molecule has 1 aromatic carbocycles. The first-order valence-corrected chi connectivity index (χ1v) is 11.7. The molecule has 0 radical (unpaired) electrons. The summed E-state index contributed by atoms with van der Waals surface area (Å²) in [7, 11) is 5.35. The lowest BCUT2D eigenvalue weighted by atomic mass is 10.2. The number of anilines is 2. The summed E-state index contributed by atoms with van der Waals surface area (Å²) in [5, 5.41) is 0. The van der Waals surface area contributed by atoms with Crippen LogP contribution in [0.15, 0.2) is 30.3 Å². The number of likely N-dealkylation sites (N-methyl/N-ethyl adjacent to an activating group) is 1. The second-order valence-electron chi connectivity index (χ2n) is 8.68. The minimum atomic E-state index is 0.00595. The Kier molecular flexibility index (Phi) is 7.52. The summed E-state index contributed by atoms with van der Waals surface area (Å²) >= 11 is 0. The zero-order valence-electron chi connectivity index (χ0n) is 20.5. The van der Waals surface area contributed by atoms with Crippen LogP contribution in [0.3, 0.4) is 0 Å². The van der Waals surface area contributed by atoms with Crippen LogP contribution in [0, 0.1) is 6.92 Å². The van der Waals surface area contributed by atoms with Gasteiger partial charge >= 0.3 is 0 Å². The van der Waals surface area contributed by atoms with Gasteiger partial charge in [-0.1, -0.05) is 6.07 Å². The lowest BCUT2D eigenvalue weighted by Gasteiger charge is -2.36. The van der Waals surface area contributed by atoms with E-state index in [0.717, 1.165) is 62.3 Å². The number of carbonyl (C=O) groups excluding carboxylic acids is 1. The minimum absolute atomic E-state index is 0.00595. The lowest BCUT2D eigenvalue weighted by molar-refractivity contribution is -0.126. The van der Waals surface area contributed by atoms with Crippen LogP contribution in [0.2, 0.25) is 0 Å². The minimum Gasteiger partial charge on any atom is -0.493 e. The van der Waals surface area contributed by atoms with E-state index in [9.17, 15) is 4.79 Å². The number of ether oxygens (including phenoxy) is 2. The van der Waals surface area contributed by atoms with Gasteiger partial charge in [0.2, 0.25) is 5.91 Å². The highest BCUT2D eigenvalue weighted by Crippen LogP contribution is 2.28. The molecule has 0 saturated carbocycles. The van der Waals surface area contributed by atoms with Crippen LogP contribution < -0.4 is 19.3 Å². The largest absolute Gasteiger partial charge is 0.493 e. The van der Waals surface area contributed by atoms with Crippen molar-refractivity contribution in [2.24, 2.45) is 0 Å². The van der Waals surface area contributed by atoms with Gasteiger partial charge in [0.15, 0.2) is 11.5 Å². The number of hydrogen-bond acceptors (Lipinski definition) is 8. The van der Waals surface area contributed by atoms with Gasteiger partial charge in [0.25, 0.3) is 0 Å². The zero-order chi connectivity index (χ0) is 24.1. The molecule has 4 rings (SSSR count). The Hall–Kier alpha value is -3.33. The molecule has 3 heterocycles. The van der Waals surface area contributed by atoms with Crippen molar-refractivity contribution in [3.8, 4) is 11.5 Å². The van der Waals surface area contributed by atoms with Crippen molar-refractivity contribution in [3.05, 3.63) is 41.7 Å². The van der Waals surface area contributed by atoms with Gasteiger partial charge in [-0.2, -0.15) is 0 Å². The topological polar surface area (TPSA) is 74.3 Å². The molecule has 2 aliphatic rings. The maximum absolute atomic E-state index is 12.8. The Morgan fingerprint density at radius 1 is 0.853 bits per heavy atom. The number of rotatable bonds is 6. The molecule has 1 amide bonds. The smallest absolute Gasteiger partial charge is 0.246 e. The third-order valence-corrected chi connectivity index (χ3v) is 6.38. The quantitative estimate of drug-likeness (QED) is 0.598. The van der Waals surface area contributed by atoms with Crippen LogP contribution in [-0.2, 0) is 4.79 Å². The molecule has 0 N–H and O–H groups in total. The molecule has 1 aromatic heterocycles. The average Bonchev–Trinajstić information content (AvgIpc) is 2.87. The molecule has 34 heavy (non-hydrogen) atoms. The Morgan fingerprint density at radius 3 is 2.03 bits per heavy atom. The van der Waals surface area contributed by atoms with Crippen LogP contribution in [0.4, 0.5) is 11.6 Å². The molecule has 0 spiro atoms. The number of carbonyl (C=O) groups is 1. The van der Waals surface area contributed by atoms with Crippen molar-refractivity contribution in [2.75, 3.05) is 83.4 Å². The number of nitrogens with zero attached hydrogens (tertiary/aromatic N) is 6. The van der Waals surface area contributed by atoms with Gasteiger partial charge in [-0.05, 0) is 37.7 Å². The van der Waals surface area contributed by atoms with E-state index in [-0.39, 0.29) is 5.91 Å². The summed E-state index contributed by atoms with van der Waals surface area (Å²) < 4.78 is 10.6. The van der Waals surface area contributed by atoms with E-state index in [4.69, 9.17) is 9.47 Å². The third-order valence-electron chi connectivity index (χ3n) is 6.38. The summed E-state index contributed by atoms with van der Waals surface area (Å²) in [4.78, 5) is 30.9.